The Morgan fingerprint density at radius 1 is 1.06 bits per heavy atom. The fraction of sp³-hybridized carbons (Fsp3) is 0.222. The van der Waals surface area contributed by atoms with E-state index in [0.29, 0.717) is 23.7 Å². The van der Waals surface area contributed by atoms with Crippen LogP contribution in [0.25, 0.3) is 20.8 Å². The molecule has 1 aliphatic heterocycles. The minimum atomic E-state index is -0.426. The molecule has 0 radical (unpaired) electrons. The van der Waals surface area contributed by atoms with E-state index in [0.717, 1.165) is 26.4 Å². The lowest BCUT2D eigenvalue weighted by molar-refractivity contribution is -0.122. The van der Waals surface area contributed by atoms with Crippen molar-refractivity contribution in [3.8, 4) is 16.3 Å². The van der Waals surface area contributed by atoms with Gasteiger partial charge in [-0.1, -0.05) is 12.1 Å². The first-order valence-electron chi connectivity index (χ1n) is 11.1. The van der Waals surface area contributed by atoms with Gasteiger partial charge in [-0.05, 0) is 73.5 Å². The van der Waals surface area contributed by atoms with E-state index in [1.165, 1.54) is 5.56 Å². The van der Waals surface area contributed by atoms with Crippen LogP contribution in [0.2, 0.25) is 0 Å². The summed E-state index contributed by atoms with van der Waals surface area (Å²) >= 11 is 1.66. The standard InChI is InChI=1S/C27H25N3O3S/c1-16-5-11-23(33-3)22(12-16)30-15-19(14-25(30)31)26(32)28-20-8-6-18(7-9-20)27-29-21-10-4-17(2)13-24(21)34-27/h4-13,19H,14-15H2,1-3H3,(H,28,32). The van der Waals surface area contributed by atoms with Gasteiger partial charge in [-0.2, -0.15) is 0 Å². The monoisotopic (exact) mass is 471 g/mol. The molecule has 3 aromatic carbocycles. The highest BCUT2D eigenvalue weighted by Gasteiger charge is 2.36. The first kappa shape index (κ1) is 22.1. The zero-order valence-corrected chi connectivity index (χ0v) is 20.1. The number of aromatic nitrogens is 1. The van der Waals surface area contributed by atoms with E-state index in [-0.39, 0.29) is 18.2 Å². The van der Waals surface area contributed by atoms with Crippen LogP contribution in [0.15, 0.2) is 60.7 Å². The smallest absolute Gasteiger partial charge is 0.229 e. The molecular weight excluding hydrogens is 446 g/mol. The van der Waals surface area contributed by atoms with Gasteiger partial charge >= 0.3 is 0 Å². The second-order valence-corrected chi connectivity index (χ2v) is 9.67. The number of aryl methyl sites for hydroxylation is 2. The Kier molecular flexibility index (Phi) is 5.79. The summed E-state index contributed by atoms with van der Waals surface area (Å²) in [6.07, 6.45) is 0.173. The van der Waals surface area contributed by atoms with Crippen molar-refractivity contribution in [3.63, 3.8) is 0 Å². The molecule has 6 nitrogen and oxygen atoms in total. The minimum absolute atomic E-state index is 0.0783. The van der Waals surface area contributed by atoms with Gasteiger partial charge in [0, 0.05) is 24.2 Å². The number of methoxy groups -OCH3 is 1. The molecule has 2 heterocycles. The molecule has 1 unspecified atom stereocenters. The van der Waals surface area contributed by atoms with Crippen molar-refractivity contribution in [1.82, 2.24) is 4.98 Å². The number of hydrogen-bond donors (Lipinski definition) is 1. The first-order valence-corrected chi connectivity index (χ1v) is 12.0. The quantitative estimate of drug-likeness (QED) is 0.412. The summed E-state index contributed by atoms with van der Waals surface area (Å²) < 4.78 is 6.59. The van der Waals surface area contributed by atoms with E-state index in [9.17, 15) is 9.59 Å². The number of nitrogens with zero attached hydrogens (tertiary/aromatic N) is 2. The molecule has 1 fully saturated rings. The molecule has 0 spiro atoms. The molecule has 5 rings (SSSR count). The normalized spacial score (nSPS) is 15.7. The molecule has 34 heavy (non-hydrogen) atoms. The molecule has 0 aliphatic carbocycles. The molecule has 0 bridgehead atoms. The van der Waals surface area contributed by atoms with Gasteiger partial charge in [-0.15, -0.1) is 11.3 Å². The van der Waals surface area contributed by atoms with Crippen LogP contribution in [0.5, 0.6) is 5.75 Å². The predicted molar refractivity (Wildman–Crippen MR) is 137 cm³/mol. The molecule has 4 aromatic rings. The van der Waals surface area contributed by atoms with E-state index in [4.69, 9.17) is 9.72 Å². The number of thiazole rings is 1. The van der Waals surface area contributed by atoms with Crippen LogP contribution < -0.4 is 15.0 Å². The summed E-state index contributed by atoms with van der Waals surface area (Å²) in [4.78, 5) is 32.0. The number of rotatable bonds is 5. The lowest BCUT2D eigenvalue weighted by atomic mass is 10.1. The van der Waals surface area contributed by atoms with Crippen molar-refractivity contribution >= 4 is 44.7 Å². The molecule has 1 aliphatic rings. The first-order chi connectivity index (χ1) is 16.4. The summed E-state index contributed by atoms with van der Waals surface area (Å²) in [6, 6.07) is 19.6. The van der Waals surface area contributed by atoms with Gasteiger partial charge in [-0.25, -0.2) is 4.98 Å². The number of ether oxygens (including phenoxy) is 1. The number of carbonyl (C=O) groups is 2. The number of amides is 2. The van der Waals surface area contributed by atoms with Gasteiger partial charge in [-0.3, -0.25) is 9.59 Å². The Bertz CT molecular complexity index is 1390. The van der Waals surface area contributed by atoms with Crippen molar-refractivity contribution in [2.24, 2.45) is 5.92 Å². The third kappa shape index (κ3) is 4.26. The van der Waals surface area contributed by atoms with E-state index in [1.54, 1.807) is 23.3 Å². The highest BCUT2D eigenvalue weighted by molar-refractivity contribution is 7.21. The molecule has 7 heteroatoms. The largest absolute Gasteiger partial charge is 0.495 e. The Hall–Kier alpha value is -3.71. The van der Waals surface area contributed by atoms with Crippen molar-refractivity contribution in [2.45, 2.75) is 20.3 Å². The molecule has 1 saturated heterocycles. The van der Waals surface area contributed by atoms with Crippen LogP contribution in [-0.2, 0) is 9.59 Å². The highest BCUT2D eigenvalue weighted by Crippen LogP contribution is 2.35. The van der Waals surface area contributed by atoms with Crippen molar-refractivity contribution in [3.05, 3.63) is 71.8 Å². The molecule has 0 saturated carbocycles. The van der Waals surface area contributed by atoms with Crippen LogP contribution in [0.3, 0.4) is 0 Å². The lowest BCUT2D eigenvalue weighted by Gasteiger charge is -2.20. The Morgan fingerprint density at radius 3 is 2.56 bits per heavy atom. The van der Waals surface area contributed by atoms with Crippen LogP contribution in [0, 0.1) is 19.8 Å². The maximum Gasteiger partial charge on any atom is 0.229 e. The number of anilines is 2. The van der Waals surface area contributed by atoms with Gasteiger partial charge in [0.2, 0.25) is 11.8 Å². The highest BCUT2D eigenvalue weighted by atomic mass is 32.1. The van der Waals surface area contributed by atoms with Gasteiger partial charge in [0.15, 0.2) is 0 Å². The third-order valence-electron chi connectivity index (χ3n) is 6.06. The van der Waals surface area contributed by atoms with E-state index in [1.807, 2.05) is 55.5 Å². The summed E-state index contributed by atoms with van der Waals surface area (Å²) in [6.45, 7) is 4.37. The third-order valence-corrected chi connectivity index (χ3v) is 7.13. The molecular formula is C27H25N3O3S. The fourth-order valence-corrected chi connectivity index (χ4v) is 5.29. The number of fused-ring (bicyclic) bond motifs is 1. The minimum Gasteiger partial charge on any atom is -0.495 e. The van der Waals surface area contributed by atoms with Crippen molar-refractivity contribution < 1.29 is 14.3 Å². The summed E-state index contributed by atoms with van der Waals surface area (Å²) in [7, 11) is 1.58. The van der Waals surface area contributed by atoms with Crippen LogP contribution in [-0.4, -0.2) is 30.5 Å². The SMILES string of the molecule is COc1ccc(C)cc1N1CC(C(=O)Nc2ccc(-c3nc4ccc(C)cc4s3)cc2)CC1=O. The molecule has 1 N–H and O–H groups in total. The van der Waals surface area contributed by atoms with Gasteiger partial charge in [0.1, 0.15) is 10.8 Å². The number of nitrogens with one attached hydrogen (secondary N) is 1. The predicted octanol–water partition coefficient (Wildman–Crippen LogP) is 5.58. The number of hydrogen-bond acceptors (Lipinski definition) is 5. The molecule has 1 aromatic heterocycles. The van der Waals surface area contributed by atoms with E-state index >= 15 is 0 Å². The second-order valence-electron chi connectivity index (χ2n) is 8.64. The maximum atomic E-state index is 12.9. The average molecular weight is 472 g/mol. The lowest BCUT2D eigenvalue weighted by Crippen LogP contribution is -2.28. The zero-order chi connectivity index (χ0) is 23.8. The molecule has 172 valence electrons. The maximum absolute atomic E-state index is 12.9. The van der Waals surface area contributed by atoms with Crippen LogP contribution in [0.1, 0.15) is 17.5 Å². The summed E-state index contributed by atoms with van der Waals surface area (Å²) in [5.74, 6) is -0.0401. The van der Waals surface area contributed by atoms with Gasteiger partial charge < -0.3 is 15.0 Å². The number of benzene rings is 3. The van der Waals surface area contributed by atoms with Gasteiger partial charge in [0.05, 0.1) is 28.9 Å². The fourth-order valence-electron chi connectivity index (χ4n) is 4.22. The molecule has 2 amide bonds. The average Bonchev–Trinajstić information content (AvgIpc) is 3.42. The van der Waals surface area contributed by atoms with Crippen molar-refractivity contribution in [2.75, 3.05) is 23.9 Å². The van der Waals surface area contributed by atoms with Crippen molar-refractivity contribution in [1.29, 1.82) is 0 Å². The van der Waals surface area contributed by atoms with E-state index < -0.39 is 5.92 Å². The number of carbonyl (C=O) groups excluding carboxylic acids is 2. The van der Waals surface area contributed by atoms with Gasteiger partial charge in [0.25, 0.3) is 0 Å². The topological polar surface area (TPSA) is 71.5 Å². The Balaban J connectivity index is 1.28. The molecule has 1 atom stereocenters. The van der Waals surface area contributed by atoms with Crippen LogP contribution >= 0.6 is 11.3 Å². The summed E-state index contributed by atoms with van der Waals surface area (Å²) in [5.41, 5.74) is 5.64. The second kappa shape index (κ2) is 8.91. The Morgan fingerprint density at radius 2 is 1.79 bits per heavy atom. The zero-order valence-electron chi connectivity index (χ0n) is 19.3. The Labute approximate surface area is 202 Å². The van der Waals surface area contributed by atoms with Crippen LogP contribution in [0.4, 0.5) is 11.4 Å². The van der Waals surface area contributed by atoms with E-state index in [2.05, 4.69) is 24.4 Å². The summed E-state index contributed by atoms with van der Waals surface area (Å²) in [5, 5.41) is 3.91.